The van der Waals surface area contributed by atoms with E-state index in [1.165, 1.54) is 17.0 Å². The number of ketones is 1. The number of methoxy groups -OCH3 is 2. The number of fused-ring (bicyclic) bond motifs is 1. The Morgan fingerprint density at radius 2 is 1.58 bits per heavy atom. The SMILES string of the molecule is COc1ccc(CCN2C(=O)C(=O)/C(=C(\O)c3cccc4ccccc34)C2c2ccc(O)cc2)cc1OC. The van der Waals surface area contributed by atoms with Gasteiger partial charge < -0.3 is 24.6 Å². The molecule has 0 radical (unpaired) electrons. The molecule has 2 N–H and O–H groups in total. The van der Waals surface area contributed by atoms with Crippen molar-refractivity contribution in [2.45, 2.75) is 12.5 Å². The van der Waals surface area contributed by atoms with Crippen molar-refractivity contribution in [2.24, 2.45) is 0 Å². The van der Waals surface area contributed by atoms with E-state index in [1.807, 2.05) is 42.5 Å². The molecular formula is C31H27NO6. The molecule has 0 aliphatic carbocycles. The normalized spacial score (nSPS) is 16.7. The number of carbonyl (C=O) groups excluding carboxylic acids is 2. The smallest absolute Gasteiger partial charge is 0.295 e. The van der Waals surface area contributed by atoms with E-state index in [9.17, 15) is 19.8 Å². The molecule has 4 aromatic rings. The number of carbonyl (C=O) groups is 2. The van der Waals surface area contributed by atoms with Crippen LogP contribution in [0.2, 0.25) is 0 Å². The van der Waals surface area contributed by atoms with Crippen LogP contribution in [0.5, 0.6) is 17.2 Å². The van der Waals surface area contributed by atoms with Crippen molar-refractivity contribution in [3.63, 3.8) is 0 Å². The number of aliphatic hydroxyl groups is 1. The lowest BCUT2D eigenvalue weighted by Gasteiger charge is -2.25. The Morgan fingerprint density at radius 1 is 0.868 bits per heavy atom. The van der Waals surface area contributed by atoms with Gasteiger partial charge in [-0.2, -0.15) is 0 Å². The lowest BCUT2D eigenvalue weighted by molar-refractivity contribution is -0.139. The average Bonchev–Trinajstić information content (AvgIpc) is 3.20. The average molecular weight is 510 g/mol. The van der Waals surface area contributed by atoms with E-state index < -0.39 is 17.7 Å². The zero-order chi connectivity index (χ0) is 26.8. The van der Waals surface area contributed by atoms with Gasteiger partial charge in [0.05, 0.1) is 25.8 Å². The molecule has 1 unspecified atom stereocenters. The van der Waals surface area contributed by atoms with Crippen molar-refractivity contribution in [1.82, 2.24) is 4.90 Å². The summed E-state index contributed by atoms with van der Waals surface area (Å²) in [5, 5.41) is 23.1. The monoisotopic (exact) mass is 509 g/mol. The number of hydrogen-bond acceptors (Lipinski definition) is 6. The number of phenolic OH excluding ortho intramolecular Hbond substituents is 1. The first-order valence-electron chi connectivity index (χ1n) is 12.2. The minimum atomic E-state index is -0.824. The summed E-state index contributed by atoms with van der Waals surface area (Å²) in [6, 6.07) is 24.0. The fraction of sp³-hybridized carbons (Fsp3) is 0.161. The van der Waals surface area contributed by atoms with Gasteiger partial charge in [0.15, 0.2) is 11.5 Å². The third kappa shape index (κ3) is 4.43. The number of rotatable bonds is 7. The summed E-state index contributed by atoms with van der Waals surface area (Å²) in [6.45, 7) is 0.220. The van der Waals surface area contributed by atoms with Gasteiger partial charge in [0, 0.05) is 12.1 Å². The van der Waals surface area contributed by atoms with Crippen molar-refractivity contribution in [3.8, 4) is 17.2 Å². The minimum Gasteiger partial charge on any atom is -0.508 e. The number of likely N-dealkylation sites (tertiary alicyclic amines) is 1. The Labute approximate surface area is 220 Å². The number of benzene rings is 4. The Kier molecular flexibility index (Phi) is 6.75. The number of hydrogen-bond donors (Lipinski definition) is 2. The molecule has 1 saturated heterocycles. The van der Waals surface area contributed by atoms with Gasteiger partial charge in [-0.3, -0.25) is 9.59 Å². The van der Waals surface area contributed by atoms with Crippen LogP contribution in [-0.2, 0) is 16.0 Å². The van der Waals surface area contributed by atoms with Crippen LogP contribution >= 0.6 is 0 Å². The highest BCUT2D eigenvalue weighted by Crippen LogP contribution is 2.41. The highest BCUT2D eigenvalue weighted by atomic mass is 16.5. The number of ether oxygens (including phenoxy) is 2. The lowest BCUT2D eigenvalue weighted by atomic mass is 9.93. The quantitative estimate of drug-likeness (QED) is 0.201. The summed E-state index contributed by atoms with van der Waals surface area (Å²) >= 11 is 0. The van der Waals surface area contributed by atoms with Gasteiger partial charge in [-0.25, -0.2) is 0 Å². The number of phenols is 1. The molecule has 38 heavy (non-hydrogen) atoms. The van der Waals surface area contributed by atoms with Crippen LogP contribution in [0.3, 0.4) is 0 Å². The molecule has 1 aliphatic rings. The van der Waals surface area contributed by atoms with Crippen molar-refractivity contribution in [2.75, 3.05) is 20.8 Å². The van der Waals surface area contributed by atoms with E-state index in [1.54, 1.807) is 44.6 Å². The van der Waals surface area contributed by atoms with Gasteiger partial charge in [-0.1, -0.05) is 60.7 Å². The van der Waals surface area contributed by atoms with Crippen molar-refractivity contribution in [3.05, 3.63) is 107 Å². The fourth-order valence-corrected chi connectivity index (χ4v) is 4.98. The maximum Gasteiger partial charge on any atom is 0.295 e. The highest BCUT2D eigenvalue weighted by molar-refractivity contribution is 6.46. The van der Waals surface area contributed by atoms with Gasteiger partial charge in [0.25, 0.3) is 11.7 Å². The van der Waals surface area contributed by atoms with E-state index in [0.29, 0.717) is 29.0 Å². The second kappa shape index (κ2) is 10.3. The Bertz CT molecular complexity index is 1550. The van der Waals surface area contributed by atoms with Crippen LogP contribution in [-0.4, -0.2) is 47.6 Å². The van der Waals surface area contributed by atoms with Crippen molar-refractivity contribution >= 4 is 28.2 Å². The van der Waals surface area contributed by atoms with Crippen LogP contribution in [0.1, 0.15) is 22.7 Å². The minimum absolute atomic E-state index is 0.0179. The van der Waals surface area contributed by atoms with Crippen LogP contribution < -0.4 is 9.47 Å². The Balaban J connectivity index is 1.59. The molecule has 0 saturated carbocycles. The van der Waals surface area contributed by atoms with Crippen LogP contribution in [0.4, 0.5) is 0 Å². The van der Waals surface area contributed by atoms with E-state index in [0.717, 1.165) is 16.3 Å². The third-order valence-electron chi connectivity index (χ3n) is 6.88. The Morgan fingerprint density at radius 3 is 2.32 bits per heavy atom. The first-order valence-corrected chi connectivity index (χ1v) is 12.2. The highest BCUT2D eigenvalue weighted by Gasteiger charge is 2.46. The van der Waals surface area contributed by atoms with E-state index in [4.69, 9.17) is 9.47 Å². The summed E-state index contributed by atoms with van der Waals surface area (Å²) in [4.78, 5) is 28.2. The second-order valence-electron chi connectivity index (χ2n) is 9.05. The zero-order valence-electron chi connectivity index (χ0n) is 21.0. The molecular weight excluding hydrogens is 482 g/mol. The van der Waals surface area contributed by atoms with Gasteiger partial charge in [0.1, 0.15) is 11.5 Å². The number of Topliss-reactive ketones (excluding diaryl/α,β-unsaturated/α-hetero) is 1. The standard InChI is InChI=1S/C31H27NO6/c1-37-25-15-10-19(18-26(25)38-2)16-17-32-28(21-11-13-22(33)14-12-21)27(30(35)31(32)36)29(34)24-9-5-7-20-6-3-4-8-23(20)24/h3-15,18,28,33-34H,16-17H2,1-2H3/b29-27-. The predicted octanol–water partition coefficient (Wildman–Crippen LogP) is 5.23. The van der Waals surface area contributed by atoms with Gasteiger partial charge in [-0.05, 0) is 52.6 Å². The van der Waals surface area contributed by atoms with E-state index in [-0.39, 0.29) is 23.6 Å². The first kappa shape index (κ1) is 24.9. The molecule has 7 heteroatoms. The van der Waals surface area contributed by atoms with E-state index >= 15 is 0 Å². The Hall–Kier alpha value is -4.78. The first-order chi connectivity index (χ1) is 18.4. The predicted molar refractivity (Wildman–Crippen MR) is 144 cm³/mol. The van der Waals surface area contributed by atoms with E-state index in [2.05, 4.69) is 0 Å². The molecule has 1 amide bonds. The molecule has 1 heterocycles. The second-order valence-corrected chi connectivity index (χ2v) is 9.05. The van der Waals surface area contributed by atoms with Crippen LogP contribution in [0.25, 0.3) is 16.5 Å². The number of aliphatic hydroxyl groups excluding tert-OH is 1. The lowest BCUT2D eigenvalue weighted by Crippen LogP contribution is -2.31. The van der Waals surface area contributed by atoms with Crippen LogP contribution in [0, 0.1) is 0 Å². The molecule has 5 rings (SSSR count). The third-order valence-corrected chi connectivity index (χ3v) is 6.88. The molecule has 1 atom stereocenters. The zero-order valence-corrected chi connectivity index (χ0v) is 21.0. The topological polar surface area (TPSA) is 96.3 Å². The summed E-state index contributed by atoms with van der Waals surface area (Å²) in [7, 11) is 3.11. The summed E-state index contributed by atoms with van der Waals surface area (Å²) in [6.07, 6.45) is 0.441. The number of nitrogens with zero attached hydrogens (tertiary/aromatic N) is 1. The van der Waals surface area contributed by atoms with Gasteiger partial charge in [0.2, 0.25) is 0 Å². The van der Waals surface area contributed by atoms with Crippen molar-refractivity contribution < 1.29 is 29.3 Å². The molecule has 1 aliphatic heterocycles. The van der Waals surface area contributed by atoms with Gasteiger partial charge >= 0.3 is 0 Å². The summed E-state index contributed by atoms with van der Waals surface area (Å²) in [5.41, 5.74) is 1.99. The number of amides is 1. The van der Waals surface area contributed by atoms with Gasteiger partial charge in [-0.15, -0.1) is 0 Å². The molecule has 0 aromatic heterocycles. The molecule has 0 bridgehead atoms. The molecule has 1 fully saturated rings. The van der Waals surface area contributed by atoms with Crippen LogP contribution in [0.15, 0.2) is 90.5 Å². The summed E-state index contributed by atoms with van der Waals surface area (Å²) in [5.74, 6) is -0.447. The van der Waals surface area contributed by atoms with Crippen molar-refractivity contribution in [1.29, 1.82) is 0 Å². The maximum absolute atomic E-state index is 13.4. The maximum atomic E-state index is 13.4. The summed E-state index contributed by atoms with van der Waals surface area (Å²) < 4.78 is 10.7. The molecule has 4 aromatic carbocycles. The molecule has 7 nitrogen and oxygen atoms in total. The molecule has 0 spiro atoms. The largest absolute Gasteiger partial charge is 0.508 e. The number of aromatic hydroxyl groups is 1. The fourth-order valence-electron chi connectivity index (χ4n) is 4.98. The molecule has 192 valence electrons.